The van der Waals surface area contributed by atoms with Crippen LogP contribution in [0.1, 0.15) is 38.4 Å². The van der Waals surface area contributed by atoms with E-state index in [0.29, 0.717) is 29.7 Å². The lowest BCUT2D eigenvalue weighted by Crippen LogP contribution is -2.43. The van der Waals surface area contributed by atoms with Crippen molar-refractivity contribution in [1.82, 2.24) is 20.0 Å². The second-order valence-corrected chi connectivity index (χ2v) is 8.13. The topological polar surface area (TPSA) is 59.4 Å². The zero-order valence-electron chi connectivity index (χ0n) is 18.4. The Morgan fingerprint density at radius 1 is 1.16 bits per heavy atom. The van der Waals surface area contributed by atoms with Crippen molar-refractivity contribution in [3.8, 4) is 17.3 Å². The maximum absolute atomic E-state index is 12.8. The lowest BCUT2D eigenvalue weighted by Gasteiger charge is -2.24. The van der Waals surface area contributed by atoms with Gasteiger partial charge in [0.2, 0.25) is 5.88 Å². The highest BCUT2D eigenvalue weighted by Crippen LogP contribution is 2.32. The summed E-state index contributed by atoms with van der Waals surface area (Å²) < 4.78 is 8.08. The Morgan fingerprint density at radius 3 is 2.45 bits per heavy atom. The number of halogens is 1. The normalized spacial score (nSPS) is 10.9. The molecule has 0 bridgehead atoms. The highest BCUT2D eigenvalue weighted by molar-refractivity contribution is 6.30. The van der Waals surface area contributed by atoms with Crippen molar-refractivity contribution in [2.45, 2.75) is 46.7 Å². The van der Waals surface area contributed by atoms with Gasteiger partial charge in [-0.25, -0.2) is 9.48 Å². The molecule has 0 fully saturated rings. The largest absolute Gasteiger partial charge is 0.439 e. The van der Waals surface area contributed by atoms with Crippen LogP contribution in [0.5, 0.6) is 11.6 Å². The van der Waals surface area contributed by atoms with Gasteiger partial charge in [0.15, 0.2) is 0 Å². The van der Waals surface area contributed by atoms with Gasteiger partial charge in [0, 0.05) is 17.6 Å². The van der Waals surface area contributed by atoms with Gasteiger partial charge in [-0.2, -0.15) is 5.10 Å². The van der Waals surface area contributed by atoms with Crippen molar-refractivity contribution in [1.29, 1.82) is 0 Å². The van der Waals surface area contributed by atoms with Crippen LogP contribution in [0, 0.1) is 6.92 Å². The first-order valence-corrected chi connectivity index (χ1v) is 10.9. The third-order valence-electron chi connectivity index (χ3n) is 4.71. The number of nitrogens with one attached hydrogen (secondary N) is 1. The van der Waals surface area contributed by atoms with Gasteiger partial charge >= 0.3 is 6.03 Å². The zero-order valence-corrected chi connectivity index (χ0v) is 19.2. The minimum absolute atomic E-state index is 0.0600. The molecule has 0 aliphatic carbocycles. The second kappa shape index (κ2) is 10.4. The number of para-hydroxylation sites is 1. The maximum atomic E-state index is 12.8. The molecule has 0 aliphatic heterocycles. The first kappa shape index (κ1) is 22.7. The monoisotopic (exact) mass is 440 g/mol. The average molecular weight is 441 g/mol. The van der Waals surface area contributed by atoms with Gasteiger partial charge in [0.1, 0.15) is 5.75 Å². The molecule has 1 N–H and O–H groups in total. The van der Waals surface area contributed by atoms with E-state index in [1.165, 1.54) is 0 Å². The Morgan fingerprint density at radius 2 is 1.84 bits per heavy atom. The van der Waals surface area contributed by atoms with Gasteiger partial charge in [-0.05, 0) is 63.6 Å². The number of benzene rings is 2. The van der Waals surface area contributed by atoms with Crippen molar-refractivity contribution >= 4 is 17.6 Å². The van der Waals surface area contributed by atoms with Gasteiger partial charge in [0.25, 0.3) is 0 Å². The number of aromatic nitrogens is 2. The van der Waals surface area contributed by atoms with Crippen molar-refractivity contribution in [3.05, 3.63) is 70.9 Å². The van der Waals surface area contributed by atoms with E-state index in [9.17, 15) is 4.79 Å². The molecule has 31 heavy (non-hydrogen) atoms. The summed E-state index contributed by atoms with van der Waals surface area (Å²) in [6, 6.07) is 17.0. The van der Waals surface area contributed by atoms with Crippen LogP contribution < -0.4 is 10.1 Å². The van der Waals surface area contributed by atoms with Gasteiger partial charge in [0.05, 0.1) is 23.5 Å². The van der Waals surface area contributed by atoms with Crippen LogP contribution in [0.3, 0.4) is 0 Å². The first-order chi connectivity index (χ1) is 14.9. The summed E-state index contributed by atoms with van der Waals surface area (Å²) in [5, 5.41) is 8.36. The number of hydrogen-bond donors (Lipinski definition) is 1. The Hall–Kier alpha value is -2.99. The summed E-state index contributed by atoms with van der Waals surface area (Å²) in [6.07, 6.45) is 0.852. The lowest BCUT2D eigenvalue weighted by molar-refractivity contribution is 0.192. The molecule has 1 aromatic heterocycles. The molecule has 2 amide bonds. The fraction of sp³-hybridized carbons (Fsp3) is 0.333. The number of nitrogens with zero attached hydrogens (tertiary/aromatic N) is 3. The summed E-state index contributed by atoms with van der Waals surface area (Å²) >= 11 is 6.03. The number of amides is 2. The summed E-state index contributed by atoms with van der Waals surface area (Å²) in [4.78, 5) is 14.6. The van der Waals surface area contributed by atoms with E-state index in [4.69, 9.17) is 21.4 Å². The summed E-state index contributed by atoms with van der Waals surface area (Å²) in [5.41, 5.74) is 2.56. The van der Waals surface area contributed by atoms with Crippen LogP contribution in [-0.4, -0.2) is 33.3 Å². The van der Waals surface area contributed by atoms with Crippen LogP contribution >= 0.6 is 11.6 Å². The minimum atomic E-state index is -0.0962. The van der Waals surface area contributed by atoms with E-state index in [-0.39, 0.29) is 12.1 Å². The van der Waals surface area contributed by atoms with E-state index in [1.807, 2.05) is 63.2 Å². The second-order valence-electron chi connectivity index (χ2n) is 7.70. The summed E-state index contributed by atoms with van der Waals surface area (Å²) in [6.45, 7) is 8.93. The van der Waals surface area contributed by atoms with E-state index < -0.39 is 0 Å². The van der Waals surface area contributed by atoms with Gasteiger partial charge < -0.3 is 15.0 Å². The van der Waals surface area contributed by atoms with Gasteiger partial charge in [-0.15, -0.1) is 0 Å². The number of hydrogen-bond acceptors (Lipinski definition) is 3. The van der Waals surface area contributed by atoms with Crippen molar-refractivity contribution in [3.63, 3.8) is 0 Å². The third-order valence-corrected chi connectivity index (χ3v) is 4.96. The molecule has 0 spiro atoms. The van der Waals surface area contributed by atoms with Crippen LogP contribution in [0.2, 0.25) is 5.02 Å². The highest BCUT2D eigenvalue weighted by atomic mass is 35.5. The number of carbonyl (C=O) groups excluding carboxylic acids is 1. The van der Waals surface area contributed by atoms with E-state index >= 15 is 0 Å². The molecule has 3 rings (SSSR count). The third kappa shape index (κ3) is 5.79. The molecule has 0 aliphatic rings. The molecule has 0 saturated carbocycles. The summed E-state index contributed by atoms with van der Waals surface area (Å²) in [7, 11) is 0. The first-order valence-electron chi connectivity index (χ1n) is 10.5. The molecule has 7 heteroatoms. The predicted octanol–water partition coefficient (Wildman–Crippen LogP) is 5.96. The van der Waals surface area contributed by atoms with Gasteiger partial charge in [-0.3, -0.25) is 0 Å². The molecule has 1 heterocycles. The molecule has 0 atom stereocenters. The minimum Gasteiger partial charge on any atom is -0.439 e. The zero-order chi connectivity index (χ0) is 22.4. The Balaban J connectivity index is 2.02. The molecular formula is C24H29ClN4O2. The number of ether oxygens (including phenoxy) is 1. The Kier molecular flexibility index (Phi) is 7.58. The smallest absolute Gasteiger partial charge is 0.317 e. The average Bonchev–Trinajstić information content (AvgIpc) is 3.04. The molecule has 0 unspecified atom stereocenters. The summed E-state index contributed by atoms with van der Waals surface area (Å²) in [5.74, 6) is 1.24. The van der Waals surface area contributed by atoms with E-state index in [0.717, 1.165) is 23.4 Å². The highest BCUT2D eigenvalue weighted by Gasteiger charge is 2.23. The van der Waals surface area contributed by atoms with Gasteiger partial charge in [-0.1, -0.05) is 36.7 Å². The predicted molar refractivity (Wildman–Crippen MR) is 124 cm³/mol. The SMILES string of the molecule is CCCN(Cc1c(C)nn(-c2ccccc2)c1Oc1ccc(Cl)cc1)C(=O)NC(C)C. The maximum Gasteiger partial charge on any atom is 0.317 e. The fourth-order valence-electron chi connectivity index (χ4n) is 3.24. The van der Waals surface area contributed by atoms with E-state index in [1.54, 1.807) is 21.7 Å². The van der Waals surface area contributed by atoms with Crippen molar-refractivity contribution in [2.24, 2.45) is 0 Å². The van der Waals surface area contributed by atoms with Crippen LogP contribution in [0.25, 0.3) is 5.69 Å². The molecule has 6 nitrogen and oxygen atoms in total. The number of rotatable bonds is 8. The molecule has 2 aromatic carbocycles. The quantitative estimate of drug-likeness (QED) is 0.470. The van der Waals surface area contributed by atoms with Crippen LogP contribution in [0.4, 0.5) is 4.79 Å². The van der Waals surface area contributed by atoms with E-state index in [2.05, 4.69) is 12.2 Å². The molecule has 164 valence electrons. The van der Waals surface area contributed by atoms with Crippen LogP contribution in [-0.2, 0) is 6.54 Å². The number of carbonyl (C=O) groups is 1. The Labute approximate surface area is 188 Å². The number of urea groups is 1. The standard InChI is InChI=1S/C24H29ClN4O2/c1-5-15-28(24(30)26-17(2)3)16-22-18(4)27-29(20-9-7-6-8-10-20)23(22)31-21-13-11-19(25)12-14-21/h6-14,17H,5,15-16H2,1-4H3,(H,26,30). The Bertz CT molecular complexity index is 1000. The van der Waals surface area contributed by atoms with Crippen LogP contribution in [0.15, 0.2) is 54.6 Å². The van der Waals surface area contributed by atoms with Crippen molar-refractivity contribution < 1.29 is 9.53 Å². The molecular weight excluding hydrogens is 412 g/mol. The lowest BCUT2D eigenvalue weighted by atomic mass is 10.2. The molecule has 0 saturated heterocycles. The fourth-order valence-corrected chi connectivity index (χ4v) is 3.36. The number of aryl methyl sites for hydroxylation is 1. The molecule has 0 radical (unpaired) electrons. The van der Waals surface area contributed by atoms with Crippen molar-refractivity contribution in [2.75, 3.05) is 6.54 Å². The molecule has 3 aromatic rings.